The van der Waals surface area contributed by atoms with E-state index in [0.717, 1.165) is 48.1 Å². The van der Waals surface area contributed by atoms with E-state index in [-0.39, 0.29) is 13.0 Å². The van der Waals surface area contributed by atoms with Crippen molar-refractivity contribution in [2.24, 2.45) is 5.92 Å². The predicted octanol–water partition coefficient (Wildman–Crippen LogP) is 5.76. The van der Waals surface area contributed by atoms with Gasteiger partial charge in [0.1, 0.15) is 0 Å². The van der Waals surface area contributed by atoms with Crippen LogP contribution in [0, 0.1) is 5.92 Å². The van der Waals surface area contributed by atoms with Crippen molar-refractivity contribution < 1.29 is 14.6 Å². The Bertz CT molecular complexity index is 1150. The molecule has 6 heteroatoms. The fraction of sp³-hybridized carbons (Fsp3) is 0.483. The maximum absolute atomic E-state index is 12.8. The number of piperidine rings is 1. The molecule has 0 bridgehead atoms. The first-order valence-electron chi connectivity index (χ1n) is 12.8. The fourth-order valence-electron chi connectivity index (χ4n) is 5.11. The Kier molecular flexibility index (Phi) is 9.45. The highest BCUT2D eigenvalue weighted by Crippen LogP contribution is 2.41. The molecule has 2 aromatic rings. The second kappa shape index (κ2) is 12.1. The third kappa shape index (κ3) is 6.49. The van der Waals surface area contributed by atoms with Crippen LogP contribution in [0.5, 0.6) is 0 Å². The molecule has 1 heterocycles. The first-order chi connectivity index (χ1) is 16.8. The summed E-state index contributed by atoms with van der Waals surface area (Å²) < 4.78 is 27.2. The summed E-state index contributed by atoms with van der Waals surface area (Å²) in [6, 6.07) is 14.4. The van der Waals surface area contributed by atoms with E-state index in [0.29, 0.717) is 25.4 Å². The van der Waals surface area contributed by atoms with Gasteiger partial charge in [0.15, 0.2) is 5.78 Å². The van der Waals surface area contributed by atoms with Crippen molar-refractivity contribution in [2.75, 3.05) is 39.5 Å². The van der Waals surface area contributed by atoms with Gasteiger partial charge in [0.05, 0.1) is 5.75 Å². The Balaban J connectivity index is 0.00000148. The molecule has 192 valence electrons. The van der Waals surface area contributed by atoms with Gasteiger partial charge in [0.2, 0.25) is 10.0 Å². The van der Waals surface area contributed by atoms with E-state index in [9.17, 15) is 13.2 Å². The standard InChI is InChI=1S/C27H34N2O3S.C2H6.H2/c1-20(30)26-18-23(21-8-5-4-6-9-21)19-27-24(10-11-25(26)27)22-12-15-29(16-13-22)33(31,32)17-7-14-28(2)3;1-2;/h4-6,8-10,18-19,22H,7,11-17H2,1-3H3;1-2H3;1H. The van der Waals surface area contributed by atoms with Gasteiger partial charge in [0, 0.05) is 20.1 Å². The lowest BCUT2D eigenvalue weighted by Crippen LogP contribution is -2.40. The molecule has 0 unspecified atom stereocenters. The highest BCUT2D eigenvalue weighted by Gasteiger charge is 2.32. The fourth-order valence-corrected chi connectivity index (χ4v) is 6.63. The summed E-state index contributed by atoms with van der Waals surface area (Å²) in [5, 5.41) is 0. The molecule has 0 N–H and O–H groups in total. The molecule has 35 heavy (non-hydrogen) atoms. The smallest absolute Gasteiger partial charge is 0.214 e. The normalized spacial score (nSPS) is 16.5. The average molecular weight is 499 g/mol. The van der Waals surface area contributed by atoms with Crippen molar-refractivity contribution in [1.82, 2.24) is 9.21 Å². The van der Waals surface area contributed by atoms with E-state index in [1.165, 1.54) is 11.1 Å². The number of allylic oxidation sites excluding steroid dienone is 2. The summed E-state index contributed by atoms with van der Waals surface area (Å²) in [4.78, 5) is 14.5. The van der Waals surface area contributed by atoms with E-state index < -0.39 is 10.0 Å². The SMILES string of the molecule is CC.CC(=O)c1cc(-c2ccccc2)cc2c1CC=C2C1CCN(S(=O)(=O)CCCN(C)C)CC1.[HH]. The topological polar surface area (TPSA) is 57.7 Å². The summed E-state index contributed by atoms with van der Waals surface area (Å²) in [7, 11) is 0.724. The predicted molar refractivity (Wildman–Crippen MR) is 148 cm³/mol. The molecule has 1 saturated heterocycles. The lowest BCUT2D eigenvalue weighted by molar-refractivity contribution is 0.101. The van der Waals surface area contributed by atoms with Crippen molar-refractivity contribution in [2.45, 2.75) is 46.5 Å². The highest BCUT2D eigenvalue weighted by atomic mass is 32.2. The summed E-state index contributed by atoms with van der Waals surface area (Å²) in [5.41, 5.74) is 6.55. The molecule has 0 radical (unpaired) electrons. The van der Waals surface area contributed by atoms with Gasteiger partial charge in [-0.15, -0.1) is 0 Å². The zero-order valence-electron chi connectivity index (χ0n) is 21.9. The largest absolute Gasteiger partial charge is 0.309 e. The van der Waals surface area contributed by atoms with Gasteiger partial charge in [-0.25, -0.2) is 12.7 Å². The van der Waals surface area contributed by atoms with Crippen LogP contribution in [0.4, 0.5) is 0 Å². The van der Waals surface area contributed by atoms with Gasteiger partial charge in [-0.1, -0.05) is 50.3 Å². The number of benzene rings is 2. The zero-order chi connectivity index (χ0) is 25.6. The van der Waals surface area contributed by atoms with Crippen LogP contribution < -0.4 is 0 Å². The van der Waals surface area contributed by atoms with Gasteiger partial charge < -0.3 is 4.90 Å². The number of Topliss-reactive ketones (excluding diaryl/α,β-unsaturated/α-hetero) is 1. The molecular weight excluding hydrogens is 456 g/mol. The number of hydrogen-bond donors (Lipinski definition) is 0. The molecular formula is C29H42N2O3S. The summed E-state index contributed by atoms with van der Waals surface area (Å²) in [6.07, 6.45) is 5.34. The number of sulfonamides is 1. The first-order valence-corrected chi connectivity index (χ1v) is 14.4. The Labute approximate surface area is 213 Å². The molecule has 1 aliphatic heterocycles. The van der Waals surface area contributed by atoms with Crippen LogP contribution in [-0.4, -0.2) is 62.9 Å². The number of rotatable bonds is 8. The number of hydrogen-bond acceptors (Lipinski definition) is 4. The van der Waals surface area contributed by atoms with Crippen molar-refractivity contribution in [3.63, 3.8) is 0 Å². The monoisotopic (exact) mass is 498 g/mol. The van der Waals surface area contributed by atoms with Crippen molar-refractivity contribution in [1.29, 1.82) is 0 Å². The summed E-state index contributed by atoms with van der Waals surface area (Å²) in [6.45, 7) is 7.56. The molecule has 0 saturated carbocycles. The van der Waals surface area contributed by atoms with Gasteiger partial charge in [-0.3, -0.25) is 4.79 Å². The minimum absolute atomic E-state index is 0. The van der Waals surface area contributed by atoms with Crippen molar-refractivity contribution in [3.8, 4) is 11.1 Å². The maximum Gasteiger partial charge on any atom is 0.214 e. The molecule has 0 aromatic heterocycles. The van der Waals surface area contributed by atoms with Crippen molar-refractivity contribution >= 4 is 21.4 Å². The molecule has 0 amide bonds. The van der Waals surface area contributed by atoms with Gasteiger partial charge >= 0.3 is 0 Å². The molecule has 0 spiro atoms. The Hall–Kier alpha value is -2.28. The average Bonchev–Trinajstić information content (AvgIpc) is 3.29. The van der Waals surface area contributed by atoms with Crippen LogP contribution in [0.25, 0.3) is 16.7 Å². The number of fused-ring (bicyclic) bond motifs is 1. The minimum atomic E-state index is -3.20. The highest BCUT2D eigenvalue weighted by molar-refractivity contribution is 7.89. The summed E-state index contributed by atoms with van der Waals surface area (Å²) in [5.74, 6) is 0.631. The van der Waals surface area contributed by atoms with E-state index >= 15 is 0 Å². The van der Waals surface area contributed by atoms with Crippen molar-refractivity contribution in [3.05, 3.63) is 65.2 Å². The first kappa shape index (κ1) is 27.3. The van der Waals surface area contributed by atoms with Crippen LogP contribution in [-0.2, 0) is 16.4 Å². The molecule has 1 fully saturated rings. The van der Waals surface area contributed by atoms with Crippen LogP contribution in [0.1, 0.15) is 62.9 Å². The third-order valence-corrected chi connectivity index (χ3v) is 8.82. The second-order valence-electron chi connectivity index (χ2n) is 9.48. The Morgan fingerprint density at radius 2 is 1.71 bits per heavy atom. The molecule has 2 aliphatic rings. The van der Waals surface area contributed by atoms with Crippen LogP contribution in [0.2, 0.25) is 0 Å². The van der Waals surface area contributed by atoms with Crippen LogP contribution in [0.15, 0.2) is 48.5 Å². The Morgan fingerprint density at radius 3 is 2.31 bits per heavy atom. The zero-order valence-corrected chi connectivity index (χ0v) is 22.7. The number of nitrogens with zero attached hydrogens (tertiary/aromatic N) is 2. The lowest BCUT2D eigenvalue weighted by Gasteiger charge is -2.32. The number of ketones is 1. The third-order valence-electron chi connectivity index (χ3n) is 6.87. The van der Waals surface area contributed by atoms with Crippen LogP contribution >= 0.6 is 0 Å². The van der Waals surface area contributed by atoms with E-state index in [1.807, 2.05) is 57.1 Å². The maximum atomic E-state index is 12.8. The van der Waals surface area contributed by atoms with Gasteiger partial charge in [-0.05, 0) is 99.1 Å². The molecule has 5 nitrogen and oxygen atoms in total. The molecule has 1 aliphatic carbocycles. The quantitative estimate of drug-likeness (QED) is 0.434. The number of carbonyl (C=O) groups excluding carboxylic acids is 1. The van der Waals surface area contributed by atoms with E-state index in [2.05, 4.69) is 24.3 Å². The molecule has 0 atom stereocenters. The van der Waals surface area contributed by atoms with E-state index in [4.69, 9.17) is 0 Å². The van der Waals surface area contributed by atoms with E-state index in [1.54, 1.807) is 11.2 Å². The molecule has 2 aromatic carbocycles. The number of carbonyl (C=O) groups is 1. The lowest BCUT2D eigenvalue weighted by atomic mass is 9.84. The molecule has 4 rings (SSSR count). The minimum Gasteiger partial charge on any atom is -0.309 e. The van der Waals surface area contributed by atoms with Gasteiger partial charge in [0.25, 0.3) is 0 Å². The summed E-state index contributed by atoms with van der Waals surface area (Å²) >= 11 is 0. The van der Waals surface area contributed by atoms with Crippen LogP contribution in [0.3, 0.4) is 0 Å². The Morgan fingerprint density at radius 1 is 1.06 bits per heavy atom. The second-order valence-corrected chi connectivity index (χ2v) is 11.6. The van der Waals surface area contributed by atoms with Gasteiger partial charge in [-0.2, -0.15) is 0 Å².